The molecule has 0 spiro atoms. The Kier molecular flexibility index (Phi) is 5.34. The number of aryl methyl sites for hydroxylation is 2. The van der Waals surface area contributed by atoms with Crippen molar-refractivity contribution < 1.29 is 14.3 Å². The number of methoxy groups -OCH3 is 1. The molecule has 5 nitrogen and oxygen atoms in total. The monoisotopic (exact) mass is 412 g/mol. The molecule has 0 radical (unpaired) electrons. The molecule has 0 saturated heterocycles. The van der Waals surface area contributed by atoms with Gasteiger partial charge in [0.15, 0.2) is 0 Å². The second-order valence-electron chi connectivity index (χ2n) is 7.61. The SMILES string of the molecule is COc1ccc(C)cc1NC1=C(c2ccccc2)C(=O)N(c2cccc(C)c2C)C1=O. The van der Waals surface area contributed by atoms with Gasteiger partial charge >= 0.3 is 0 Å². The third-order valence-corrected chi connectivity index (χ3v) is 5.58. The molecule has 1 heterocycles. The molecular weight excluding hydrogens is 388 g/mol. The summed E-state index contributed by atoms with van der Waals surface area (Å²) in [6.45, 7) is 5.84. The van der Waals surface area contributed by atoms with E-state index in [1.54, 1.807) is 13.2 Å². The van der Waals surface area contributed by atoms with E-state index in [2.05, 4.69) is 5.32 Å². The van der Waals surface area contributed by atoms with E-state index in [1.165, 1.54) is 4.90 Å². The fraction of sp³-hybridized carbons (Fsp3) is 0.154. The number of carbonyl (C=O) groups is 2. The highest BCUT2D eigenvalue weighted by molar-refractivity contribution is 6.46. The van der Waals surface area contributed by atoms with Gasteiger partial charge in [0, 0.05) is 0 Å². The van der Waals surface area contributed by atoms with Gasteiger partial charge in [0.2, 0.25) is 0 Å². The maximum atomic E-state index is 13.6. The summed E-state index contributed by atoms with van der Waals surface area (Å²) >= 11 is 0. The molecule has 1 aliphatic rings. The number of nitrogens with zero attached hydrogens (tertiary/aromatic N) is 1. The van der Waals surface area contributed by atoms with Crippen LogP contribution in [0.25, 0.3) is 5.57 Å². The summed E-state index contributed by atoms with van der Waals surface area (Å²) in [6.07, 6.45) is 0. The minimum atomic E-state index is -0.388. The first-order chi connectivity index (χ1) is 14.9. The van der Waals surface area contributed by atoms with Crippen LogP contribution in [0.4, 0.5) is 11.4 Å². The molecule has 0 aromatic heterocycles. The molecule has 0 bridgehead atoms. The van der Waals surface area contributed by atoms with Gasteiger partial charge in [-0.05, 0) is 61.2 Å². The van der Waals surface area contributed by atoms with Crippen LogP contribution >= 0.6 is 0 Å². The summed E-state index contributed by atoms with van der Waals surface area (Å²) in [5.41, 5.74) is 5.41. The molecule has 3 aromatic carbocycles. The predicted molar refractivity (Wildman–Crippen MR) is 123 cm³/mol. The molecule has 0 fully saturated rings. The van der Waals surface area contributed by atoms with Gasteiger partial charge in [0.1, 0.15) is 11.4 Å². The fourth-order valence-electron chi connectivity index (χ4n) is 3.77. The van der Waals surface area contributed by atoms with Gasteiger partial charge in [0.25, 0.3) is 11.8 Å². The molecule has 4 rings (SSSR count). The topological polar surface area (TPSA) is 58.6 Å². The smallest absolute Gasteiger partial charge is 0.282 e. The number of hydrogen-bond acceptors (Lipinski definition) is 4. The summed E-state index contributed by atoms with van der Waals surface area (Å²) in [5.74, 6) is -0.143. The number of ether oxygens (including phenoxy) is 1. The quantitative estimate of drug-likeness (QED) is 0.598. The summed E-state index contributed by atoms with van der Waals surface area (Å²) < 4.78 is 5.47. The van der Waals surface area contributed by atoms with Crippen molar-refractivity contribution in [2.45, 2.75) is 20.8 Å². The lowest BCUT2D eigenvalue weighted by atomic mass is 10.0. The lowest BCUT2D eigenvalue weighted by molar-refractivity contribution is -0.120. The van der Waals surface area contributed by atoms with Crippen LogP contribution in [-0.4, -0.2) is 18.9 Å². The Labute approximate surface area is 182 Å². The molecule has 1 aliphatic heterocycles. The first-order valence-electron chi connectivity index (χ1n) is 10.1. The summed E-state index contributed by atoms with van der Waals surface area (Å²) in [7, 11) is 1.58. The molecular formula is C26H24N2O3. The van der Waals surface area contributed by atoms with Crippen molar-refractivity contribution in [2.75, 3.05) is 17.3 Å². The molecule has 0 aliphatic carbocycles. The Bertz CT molecular complexity index is 1210. The number of amides is 2. The summed E-state index contributed by atoms with van der Waals surface area (Å²) in [5, 5.41) is 3.21. The Hall–Kier alpha value is -3.86. The van der Waals surface area contributed by atoms with Crippen molar-refractivity contribution in [3.8, 4) is 5.75 Å². The van der Waals surface area contributed by atoms with E-state index < -0.39 is 0 Å². The maximum Gasteiger partial charge on any atom is 0.282 e. The maximum absolute atomic E-state index is 13.6. The van der Waals surface area contributed by atoms with E-state index in [0.29, 0.717) is 28.3 Å². The first-order valence-corrected chi connectivity index (χ1v) is 10.1. The van der Waals surface area contributed by atoms with E-state index in [4.69, 9.17) is 4.74 Å². The zero-order chi connectivity index (χ0) is 22.1. The van der Waals surface area contributed by atoms with Gasteiger partial charge in [-0.1, -0.05) is 48.5 Å². The normalized spacial score (nSPS) is 13.7. The number of nitrogens with one attached hydrogen (secondary N) is 1. The zero-order valence-electron chi connectivity index (χ0n) is 18.0. The van der Waals surface area contributed by atoms with Gasteiger partial charge < -0.3 is 10.1 Å². The minimum absolute atomic E-state index is 0.237. The van der Waals surface area contributed by atoms with Gasteiger partial charge in [0.05, 0.1) is 24.1 Å². The van der Waals surface area contributed by atoms with Gasteiger partial charge in [-0.2, -0.15) is 0 Å². The number of hydrogen-bond donors (Lipinski definition) is 1. The van der Waals surface area contributed by atoms with Crippen LogP contribution in [0, 0.1) is 20.8 Å². The Morgan fingerprint density at radius 1 is 0.839 bits per heavy atom. The Morgan fingerprint density at radius 2 is 1.58 bits per heavy atom. The van der Waals surface area contributed by atoms with E-state index in [0.717, 1.165) is 16.7 Å². The van der Waals surface area contributed by atoms with Crippen LogP contribution in [0.3, 0.4) is 0 Å². The van der Waals surface area contributed by atoms with Crippen LogP contribution in [0.15, 0.2) is 72.4 Å². The highest BCUT2D eigenvalue weighted by Crippen LogP contribution is 2.37. The van der Waals surface area contributed by atoms with Crippen LogP contribution < -0.4 is 15.0 Å². The molecule has 5 heteroatoms. The van der Waals surface area contributed by atoms with E-state index in [1.807, 2.05) is 81.4 Å². The van der Waals surface area contributed by atoms with Gasteiger partial charge in [-0.25, -0.2) is 4.90 Å². The van der Waals surface area contributed by atoms with Crippen molar-refractivity contribution in [1.82, 2.24) is 0 Å². The fourth-order valence-corrected chi connectivity index (χ4v) is 3.77. The number of rotatable bonds is 5. The number of carbonyl (C=O) groups excluding carboxylic acids is 2. The third-order valence-electron chi connectivity index (χ3n) is 5.58. The average Bonchev–Trinajstić information content (AvgIpc) is 3.00. The van der Waals surface area contributed by atoms with Crippen LogP contribution in [0.1, 0.15) is 22.3 Å². The van der Waals surface area contributed by atoms with Gasteiger partial charge in [-0.15, -0.1) is 0 Å². The lowest BCUT2D eigenvalue weighted by Gasteiger charge is -2.19. The van der Waals surface area contributed by atoms with Crippen molar-refractivity contribution in [3.63, 3.8) is 0 Å². The zero-order valence-corrected chi connectivity index (χ0v) is 18.0. The van der Waals surface area contributed by atoms with Crippen LogP contribution in [0.2, 0.25) is 0 Å². The standard InChI is InChI=1S/C26H24N2O3/c1-16-13-14-22(31-4)20(15-16)27-24-23(19-10-6-5-7-11-19)25(29)28(26(24)30)21-12-8-9-17(2)18(21)3/h5-15,27H,1-4H3. The second kappa shape index (κ2) is 8.11. The summed E-state index contributed by atoms with van der Waals surface area (Å²) in [6, 6.07) is 20.5. The number of imide groups is 1. The molecule has 0 unspecified atom stereocenters. The number of anilines is 2. The molecule has 0 saturated carbocycles. The van der Waals surface area contributed by atoms with E-state index >= 15 is 0 Å². The van der Waals surface area contributed by atoms with Gasteiger partial charge in [-0.3, -0.25) is 9.59 Å². The van der Waals surface area contributed by atoms with Crippen molar-refractivity contribution in [3.05, 3.63) is 94.7 Å². The third kappa shape index (κ3) is 3.59. The van der Waals surface area contributed by atoms with Crippen molar-refractivity contribution >= 4 is 28.8 Å². The molecule has 156 valence electrons. The minimum Gasteiger partial charge on any atom is -0.495 e. The van der Waals surface area contributed by atoms with Crippen LogP contribution in [0.5, 0.6) is 5.75 Å². The first kappa shape index (κ1) is 20.4. The predicted octanol–water partition coefficient (Wildman–Crippen LogP) is 5.02. The second-order valence-corrected chi connectivity index (χ2v) is 7.61. The Morgan fingerprint density at radius 3 is 2.29 bits per heavy atom. The van der Waals surface area contributed by atoms with Crippen LogP contribution in [-0.2, 0) is 9.59 Å². The molecule has 2 amide bonds. The molecule has 1 N–H and O–H groups in total. The van der Waals surface area contributed by atoms with E-state index in [-0.39, 0.29) is 17.5 Å². The largest absolute Gasteiger partial charge is 0.495 e. The molecule has 0 atom stereocenters. The molecule has 3 aromatic rings. The van der Waals surface area contributed by atoms with Crippen molar-refractivity contribution in [2.24, 2.45) is 0 Å². The Balaban J connectivity index is 1.87. The molecule has 31 heavy (non-hydrogen) atoms. The highest BCUT2D eigenvalue weighted by Gasteiger charge is 2.41. The van der Waals surface area contributed by atoms with Crippen molar-refractivity contribution in [1.29, 1.82) is 0 Å². The highest BCUT2D eigenvalue weighted by atomic mass is 16.5. The lowest BCUT2D eigenvalue weighted by Crippen LogP contribution is -2.33. The van der Waals surface area contributed by atoms with E-state index in [9.17, 15) is 9.59 Å². The summed E-state index contributed by atoms with van der Waals surface area (Å²) in [4.78, 5) is 28.4. The number of benzene rings is 3. The average molecular weight is 412 g/mol.